The van der Waals surface area contributed by atoms with Crippen LogP contribution in [0.2, 0.25) is 0 Å². The van der Waals surface area contributed by atoms with Gasteiger partial charge in [-0.15, -0.1) is 0 Å². The molecule has 0 heterocycles. The van der Waals surface area contributed by atoms with Crippen LogP contribution in [0.5, 0.6) is 5.75 Å². The molecular formula is C13H19NO2. The lowest BCUT2D eigenvalue weighted by Crippen LogP contribution is -2.06. The first kappa shape index (κ1) is 12.6. The van der Waals surface area contributed by atoms with E-state index in [1.807, 2.05) is 18.2 Å². The molecule has 0 amide bonds. The molecule has 0 radical (unpaired) electrons. The highest BCUT2D eigenvalue weighted by molar-refractivity contribution is 5.72. The smallest absolute Gasteiger partial charge is 0.183 e. The second-order valence-electron chi connectivity index (χ2n) is 3.95. The summed E-state index contributed by atoms with van der Waals surface area (Å²) in [6.45, 7) is 4.79. The van der Waals surface area contributed by atoms with Crippen LogP contribution in [-0.4, -0.2) is 19.6 Å². The van der Waals surface area contributed by atoms with E-state index in [2.05, 4.69) is 19.9 Å². The van der Waals surface area contributed by atoms with Crippen molar-refractivity contribution in [3.05, 3.63) is 29.8 Å². The van der Waals surface area contributed by atoms with Gasteiger partial charge in [-0.2, -0.15) is 0 Å². The summed E-state index contributed by atoms with van der Waals surface area (Å²) in [6.07, 6.45) is 0.502. The fourth-order valence-corrected chi connectivity index (χ4v) is 1.33. The van der Waals surface area contributed by atoms with Gasteiger partial charge in [-0.25, -0.2) is 0 Å². The zero-order valence-corrected chi connectivity index (χ0v) is 10.1. The fraction of sp³-hybridized carbons (Fsp3) is 0.462. The fourth-order valence-electron chi connectivity index (χ4n) is 1.33. The Hall–Kier alpha value is -1.51. The van der Waals surface area contributed by atoms with E-state index < -0.39 is 0 Å². The van der Waals surface area contributed by atoms with Crippen molar-refractivity contribution in [2.75, 3.05) is 13.7 Å². The number of benzene rings is 1. The molecule has 0 saturated carbocycles. The van der Waals surface area contributed by atoms with Gasteiger partial charge in [0.05, 0.1) is 20.1 Å². The summed E-state index contributed by atoms with van der Waals surface area (Å²) < 4.78 is 10.3. The van der Waals surface area contributed by atoms with Crippen LogP contribution in [0.4, 0.5) is 0 Å². The molecule has 1 aromatic carbocycles. The highest BCUT2D eigenvalue weighted by Crippen LogP contribution is 2.20. The maximum atomic E-state index is 7.31. The zero-order valence-electron chi connectivity index (χ0n) is 10.1. The molecule has 3 heteroatoms. The van der Waals surface area contributed by atoms with E-state index in [4.69, 9.17) is 14.9 Å². The number of nitrogens with one attached hydrogen (secondary N) is 1. The van der Waals surface area contributed by atoms with Crippen molar-refractivity contribution in [2.24, 2.45) is 0 Å². The number of hydrogen-bond donors (Lipinski definition) is 1. The summed E-state index contributed by atoms with van der Waals surface area (Å²) in [4.78, 5) is 0. The van der Waals surface area contributed by atoms with Crippen LogP contribution in [0, 0.1) is 5.41 Å². The van der Waals surface area contributed by atoms with E-state index in [9.17, 15) is 0 Å². The zero-order chi connectivity index (χ0) is 12.0. The third-order valence-electron chi connectivity index (χ3n) is 2.37. The Morgan fingerprint density at radius 2 is 2.12 bits per heavy atom. The van der Waals surface area contributed by atoms with E-state index in [1.165, 1.54) is 12.7 Å². The van der Waals surface area contributed by atoms with Crippen molar-refractivity contribution in [1.82, 2.24) is 0 Å². The predicted octanol–water partition coefficient (Wildman–Crippen LogP) is 3.20. The first-order valence-electron chi connectivity index (χ1n) is 5.47. The molecule has 1 aromatic rings. The van der Waals surface area contributed by atoms with E-state index >= 15 is 0 Å². The first-order chi connectivity index (χ1) is 7.63. The summed E-state index contributed by atoms with van der Waals surface area (Å²) in [5.74, 6) is 1.61. The average Bonchev–Trinajstić information content (AvgIpc) is 2.29. The summed E-state index contributed by atoms with van der Waals surface area (Å²) in [6, 6.07) is 8.06. The highest BCUT2D eigenvalue weighted by Gasteiger charge is 2.01. The number of methoxy groups -OCH3 is 1. The Balaban J connectivity index is 2.48. The second-order valence-corrected chi connectivity index (χ2v) is 3.95. The molecule has 0 unspecified atom stereocenters. The van der Waals surface area contributed by atoms with Gasteiger partial charge in [0.2, 0.25) is 0 Å². The van der Waals surface area contributed by atoms with Gasteiger partial charge in [0.1, 0.15) is 5.75 Å². The van der Waals surface area contributed by atoms with Crippen molar-refractivity contribution < 1.29 is 9.47 Å². The molecule has 0 bridgehead atoms. The van der Waals surface area contributed by atoms with Crippen molar-refractivity contribution in [1.29, 1.82) is 5.41 Å². The molecule has 0 atom stereocenters. The topological polar surface area (TPSA) is 42.3 Å². The van der Waals surface area contributed by atoms with Crippen LogP contribution in [0.25, 0.3) is 0 Å². The van der Waals surface area contributed by atoms with Gasteiger partial charge < -0.3 is 9.47 Å². The minimum atomic E-state index is 0.250. The molecule has 88 valence electrons. The van der Waals surface area contributed by atoms with E-state index in [0.717, 1.165) is 5.75 Å². The quantitative estimate of drug-likeness (QED) is 0.612. The molecule has 0 aromatic heterocycles. The standard InChI is InChI=1S/C13H19NO2/c1-10(2)11-5-4-6-12(9-11)16-8-7-13(14)15-3/h4-6,9-10,14H,7-8H2,1-3H3. The van der Waals surface area contributed by atoms with Gasteiger partial charge in [-0.3, -0.25) is 5.41 Å². The van der Waals surface area contributed by atoms with Crippen LogP contribution in [-0.2, 0) is 4.74 Å². The molecule has 16 heavy (non-hydrogen) atoms. The van der Waals surface area contributed by atoms with Crippen molar-refractivity contribution >= 4 is 5.90 Å². The van der Waals surface area contributed by atoms with E-state index in [-0.39, 0.29) is 5.90 Å². The Bertz CT molecular complexity index is 348. The lowest BCUT2D eigenvalue weighted by Gasteiger charge is -2.09. The van der Waals surface area contributed by atoms with Crippen molar-refractivity contribution in [2.45, 2.75) is 26.2 Å². The number of rotatable bonds is 5. The minimum Gasteiger partial charge on any atom is -0.493 e. The maximum Gasteiger partial charge on any atom is 0.183 e. The largest absolute Gasteiger partial charge is 0.493 e. The number of hydrogen-bond acceptors (Lipinski definition) is 3. The third-order valence-corrected chi connectivity index (χ3v) is 2.37. The lowest BCUT2D eigenvalue weighted by atomic mass is 10.0. The van der Waals surface area contributed by atoms with Gasteiger partial charge in [0, 0.05) is 0 Å². The molecule has 0 fully saturated rings. The lowest BCUT2D eigenvalue weighted by molar-refractivity contribution is 0.307. The van der Waals surface area contributed by atoms with Crippen LogP contribution in [0.1, 0.15) is 31.7 Å². The maximum absolute atomic E-state index is 7.31. The molecule has 0 spiro atoms. The van der Waals surface area contributed by atoms with Crippen molar-refractivity contribution in [3.8, 4) is 5.75 Å². The summed E-state index contributed by atoms with van der Waals surface area (Å²) >= 11 is 0. The molecule has 1 N–H and O–H groups in total. The van der Waals surface area contributed by atoms with Crippen LogP contribution in [0.15, 0.2) is 24.3 Å². The Morgan fingerprint density at radius 3 is 2.75 bits per heavy atom. The average molecular weight is 221 g/mol. The Kier molecular flexibility index (Phi) is 4.83. The van der Waals surface area contributed by atoms with Crippen LogP contribution >= 0.6 is 0 Å². The van der Waals surface area contributed by atoms with Crippen LogP contribution < -0.4 is 4.74 Å². The monoisotopic (exact) mass is 221 g/mol. The van der Waals surface area contributed by atoms with Crippen LogP contribution in [0.3, 0.4) is 0 Å². The summed E-state index contributed by atoms with van der Waals surface area (Å²) in [5, 5.41) is 7.31. The van der Waals surface area contributed by atoms with E-state index in [1.54, 1.807) is 0 Å². The highest BCUT2D eigenvalue weighted by atomic mass is 16.5. The van der Waals surface area contributed by atoms with E-state index in [0.29, 0.717) is 18.9 Å². The molecule has 0 aliphatic carbocycles. The molecule has 0 saturated heterocycles. The van der Waals surface area contributed by atoms with Gasteiger partial charge in [-0.1, -0.05) is 26.0 Å². The SMILES string of the molecule is COC(=N)CCOc1cccc(C(C)C)c1. The van der Waals surface area contributed by atoms with Gasteiger partial charge in [-0.05, 0) is 23.6 Å². The molecule has 1 rings (SSSR count). The van der Waals surface area contributed by atoms with Gasteiger partial charge in [0.25, 0.3) is 0 Å². The summed E-state index contributed by atoms with van der Waals surface area (Å²) in [7, 11) is 1.50. The molecule has 0 aliphatic rings. The first-order valence-corrected chi connectivity index (χ1v) is 5.47. The number of ether oxygens (including phenoxy) is 2. The minimum absolute atomic E-state index is 0.250. The van der Waals surface area contributed by atoms with Gasteiger partial charge in [0.15, 0.2) is 5.90 Å². The van der Waals surface area contributed by atoms with Gasteiger partial charge >= 0.3 is 0 Å². The molecule has 0 aliphatic heterocycles. The Labute approximate surface area is 96.9 Å². The molecule has 3 nitrogen and oxygen atoms in total. The second kappa shape index (κ2) is 6.16. The normalized spacial score (nSPS) is 10.2. The Morgan fingerprint density at radius 1 is 1.38 bits per heavy atom. The summed E-state index contributed by atoms with van der Waals surface area (Å²) in [5.41, 5.74) is 1.26. The third kappa shape index (κ3) is 3.93. The molecular weight excluding hydrogens is 202 g/mol. The van der Waals surface area contributed by atoms with Crippen molar-refractivity contribution in [3.63, 3.8) is 0 Å². The predicted molar refractivity (Wildman–Crippen MR) is 65.4 cm³/mol.